The van der Waals surface area contributed by atoms with Crippen molar-refractivity contribution in [1.29, 1.82) is 0 Å². The molecule has 1 aromatic rings. The molecule has 0 saturated carbocycles. The van der Waals surface area contributed by atoms with Crippen LogP contribution in [-0.2, 0) is 4.79 Å². The Labute approximate surface area is 118 Å². The Morgan fingerprint density at radius 2 is 2.00 bits per heavy atom. The molecule has 0 unspecified atom stereocenters. The fraction of sp³-hybridized carbons (Fsp3) is 0.500. The molecular weight excluding hydrogens is 264 g/mol. The van der Waals surface area contributed by atoms with Gasteiger partial charge in [-0.2, -0.15) is 0 Å². The van der Waals surface area contributed by atoms with Gasteiger partial charge in [-0.3, -0.25) is 4.79 Å². The molecule has 0 aromatic heterocycles. The fourth-order valence-electron chi connectivity index (χ4n) is 2.06. The summed E-state index contributed by atoms with van der Waals surface area (Å²) in [5.74, 6) is 0.792. The van der Waals surface area contributed by atoms with E-state index in [1.807, 2.05) is 0 Å². The minimum atomic E-state index is 0.0564. The van der Waals surface area contributed by atoms with Gasteiger partial charge in [0.25, 0.3) is 0 Å². The lowest BCUT2D eigenvalue weighted by Crippen LogP contribution is -2.43. The van der Waals surface area contributed by atoms with Gasteiger partial charge in [-0.1, -0.05) is 11.6 Å². The zero-order valence-electron chi connectivity index (χ0n) is 10.8. The van der Waals surface area contributed by atoms with E-state index >= 15 is 0 Å². The Morgan fingerprint density at radius 3 is 2.68 bits per heavy atom. The number of piperidine rings is 1. The maximum absolute atomic E-state index is 11.7. The monoisotopic (exact) mass is 282 g/mol. The molecule has 2 rings (SSSR count). The van der Waals surface area contributed by atoms with Crippen LogP contribution in [-0.4, -0.2) is 31.6 Å². The molecule has 1 aliphatic rings. The molecule has 0 aliphatic carbocycles. The van der Waals surface area contributed by atoms with E-state index in [1.54, 1.807) is 24.3 Å². The molecule has 5 heteroatoms. The predicted molar refractivity (Wildman–Crippen MR) is 75.6 cm³/mol. The van der Waals surface area contributed by atoms with Crippen molar-refractivity contribution in [2.45, 2.75) is 25.3 Å². The summed E-state index contributed by atoms with van der Waals surface area (Å²) >= 11 is 5.78. The summed E-state index contributed by atoms with van der Waals surface area (Å²) in [6, 6.07) is 7.45. The highest BCUT2D eigenvalue weighted by atomic mass is 35.5. The standard InChI is InChI=1S/C14H19ClN2O2/c15-11-1-3-13(4-2-11)19-10-7-14(18)17-12-5-8-16-9-6-12/h1-4,12,16H,5-10H2,(H,17,18). The maximum Gasteiger partial charge on any atom is 0.223 e. The van der Waals surface area contributed by atoms with E-state index in [2.05, 4.69) is 10.6 Å². The Balaban J connectivity index is 1.64. The van der Waals surface area contributed by atoms with Crippen molar-refractivity contribution in [1.82, 2.24) is 10.6 Å². The number of nitrogens with one attached hydrogen (secondary N) is 2. The molecule has 1 saturated heterocycles. The van der Waals surface area contributed by atoms with E-state index in [0.29, 0.717) is 24.1 Å². The van der Waals surface area contributed by atoms with Crippen molar-refractivity contribution in [2.24, 2.45) is 0 Å². The van der Waals surface area contributed by atoms with Gasteiger partial charge in [0.05, 0.1) is 13.0 Å². The van der Waals surface area contributed by atoms with Crippen molar-refractivity contribution in [2.75, 3.05) is 19.7 Å². The van der Waals surface area contributed by atoms with Gasteiger partial charge in [-0.05, 0) is 50.2 Å². The average Bonchev–Trinajstić information content (AvgIpc) is 2.42. The fourth-order valence-corrected chi connectivity index (χ4v) is 2.18. The average molecular weight is 283 g/mol. The Hall–Kier alpha value is -1.26. The Bertz CT molecular complexity index is 402. The lowest BCUT2D eigenvalue weighted by molar-refractivity contribution is -0.122. The third kappa shape index (κ3) is 5.09. The summed E-state index contributed by atoms with van der Waals surface area (Å²) in [6.45, 7) is 2.34. The smallest absolute Gasteiger partial charge is 0.223 e. The molecule has 1 amide bonds. The van der Waals surface area contributed by atoms with Crippen LogP contribution in [0.5, 0.6) is 5.75 Å². The summed E-state index contributed by atoms with van der Waals surface area (Å²) in [6.07, 6.45) is 2.39. The summed E-state index contributed by atoms with van der Waals surface area (Å²) in [7, 11) is 0. The number of amides is 1. The van der Waals surface area contributed by atoms with E-state index in [9.17, 15) is 4.79 Å². The molecule has 0 radical (unpaired) electrons. The molecule has 1 aliphatic heterocycles. The highest BCUT2D eigenvalue weighted by molar-refractivity contribution is 6.30. The van der Waals surface area contributed by atoms with Gasteiger partial charge in [-0.25, -0.2) is 0 Å². The van der Waals surface area contributed by atoms with Crippen LogP contribution in [0.1, 0.15) is 19.3 Å². The Kier molecular flexibility index (Phi) is 5.48. The molecule has 4 nitrogen and oxygen atoms in total. The van der Waals surface area contributed by atoms with Gasteiger partial charge in [0, 0.05) is 11.1 Å². The molecule has 19 heavy (non-hydrogen) atoms. The van der Waals surface area contributed by atoms with E-state index in [0.717, 1.165) is 31.7 Å². The van der Waals surface area contributed by atoms with Crippen LogP contribution in [0.25, 0.3) is 0 Å². The van der Waals surface area contributed by atoms with E-state index < -0.39 is 0 Å². The van der Waals surface area contributed by atoms with E-state index in [1.165, 1.54) is 0 Å². The first kappa shape index (κ1) is 14.2. The van der Waals surface area contributed by atoms with Gasteiger partial charge in [-0.15, -0.1) is 0 Å². The van der Waals surface area contributed by atoms with Crippen molar-refractivity contribution in [3.8, 4) is 5.75 Å². The molecule has 0 atom stereocenters. The number of hydrogen-bond donors (Lipinski definition) is 2. The first-order valence-corrected chi connectivity index (χ1v) is 7.00. The molecule has 1 heterocycles. The topological polar surface area (TPSA) is 50.4 Å². The van der Waals surface area contributed by atoms with Gasteiger partial charge < -0.3 is 15.4 Å². The number of hydrogen-bond acceptors (Lipinski definition) is 3. The maximum atomic E-state index is 11.7. The number of ether oxygens (including phenoxy) is 1. The largest absolute Gasteiger partial charge is 0.493 e. The molecule has 1 aromatic carbocycles. The molecule has 2 N–H and O–H groups in total. The van der Waals surface area contributed by atoms with Gasteiger partial charge in [0.1, 0.15) is 5.75 Å². The third-order valence-electron chi connectivity index (χ3n) is 3.12. The van der Waals surface area contributed by atoms with E-state index in [4.69, 9.17) is 16.3 Å². The van der Waals surface area contributed by atoms with Crippen LogP contribution in [0.15, 0.2) is 24.3 Å². The normalized spacial score (nSPS) is 16.1. The summed E-state index contributed by atoms with van der Waals surface area (Å²) in [4.78, 5) is 11.7. The van der Waals surface area contributed by atoms with Crippen LogP contribution in [0.2, 0.25) is 5.02 Å². The van der Waals surface area contributed by atoms with Gasteiger partial charge in [0.2, 0.25) is 5.91 Å². The lowest BCUT2D eigenvalue weighted by atomic mass is 10.1. The molecule has 0 spiro atoms. The molecule has 1 fully saturated rings. The van der Waals surface area contributed by atoms with E-state index in [-0.39, 0.29) is 5.91 Å². The second kappa shape index (κ2) is 7.36. The number of halogens is 1. The number of benzene rings is 1. The van der Waals surface area contributed by atoms with Crippen LogP contribution >= 0.6 is 11.6 Å². The summed E-state index contributed by atoms with van der Waals surface area (Å²) < 4.78 is 5.49. The summed E-state index contributed by atoms with van der Waals surface area (Å²) in [5, 5.41) is 6.98. The molecular formula is C14H19ClN2O2. The minimum Gasteiger partial charge on any atom is -0.493 e. The number of carbonyl (C=O) groups is 1. The van der Waals surface area contributed by atoms with Crippen LogP contribution in [0.4, 0.5) is 0 Å². The van der Waals surface area contributed by atoms with Gasteiger partial charge >= 0.3 is 0 Å². The van der Waals surface area contributed by atoms with Gasteiger partial charge in [0.15, 0.2) is 0 Å². The first-order chi connectivity index (χ1) is 9.24. The summed E-state index contributed by atoms with van der Waals surface area (Å²) in [5.41, 5.74) is 0. The zero-order chi connectivity index (χ0) is 13.5. The predicted octanol–water partition coefficient (Wildman–Crippen LogP) is 1.98. The van der Waals surface area contributed by atoms with Crippen molar-refractivity contribution >= 4 is 17.5 Å². The van der Waals surface area contributed by atoms with Crippen LogP contribution in [0.3, 0.4) is 0 Å². The van der Waals surface area contributed by atoms with Crippen molar-refractivity contribution < 1.29 is 9.53 Å². The molecule has 104 valence electrons. The zero-order valence-corrected chi connectivity index (χ0v) is 11.6. The van der Waals surface area contributed by atoms with Crippen molar-refractivity contribution in [3.63, 3.8) is 0 Å². The molecule has 0 bridgehead atoms. The number of rotatable bonds is 5. The number of carbonyl (C=O) groups excluding carboxylic acids is 1. The quantitative estimate of drug-likeness (QED) is 0.868. The van der Waals surface area contributed by atoms with Crippen LogP contribution < -0.4 is 15.4 Å². The first-order valence-electron chi connectivity index (χ1n) is 6.62. The van der Waals surface area contributed by atoms with Crippen molar-refractivity contribution in [3.05, 3.63) is 29.3 Å². The second-order valence-electron chi connectivity index (χ2n) is 4.64. The Morgan fingerprint density at radius 1 is 1.32 bits per heavy atom. The minimum absolute atomic E-state index is 0.0564. The van der Waals surface area contributed by atoms with Crippen LogP contribution in [0, 0.1) is 0 Å². The SMILES string of the molecule is O=C(CCOc1ccc(Cl)cc1)NC1CCNCC1. The highest BCUT2D eigenvalue weighted by Gasteiger charge is 2.14. The lowest BCUT2D eigenvalue weighted by Gasteiger charge is -2.23. The highest BCUT2D eigenvalue weighted by Crippen LogP contribution is 2.15. The third-order valence-corrected chi connectivity index (χ3v) is 3.37. The second-order valence-corrected chi connectivity index (χ2v) is 5.08.